The fourth-order valence-electron chi connectivity index (χ4n) is 7.93. The maximum atomic E-state index is 13.8. The molecule has 0 amide bonds. The van der Waals surface area contributed by atoms with Gasteiger partial charge in [0.25, 0.3) is 0 Å². The van der Waals surface area contributed by atoms with E-state index in [1.165, 1.54) is 81.9 Å². The van der Waals surface area contributed by atoms with Crippen LogP contribution in [0.25, 0.3) is 0 Å². The molecule has 2 unspecified atom stereocenters. The standard InChI is InChI=1S/C48H79N3O17P2/c1-3-5-7-8-9-10-11-12-13-14-15-16-21-25-43(54)63-33-38-34-64-69(59,60)68-70(61,62)65-35-41-46(57)45(56)39(29-28-37(52)24-19-6-4-2)40(53)30-27-36(23-20-17-18-22-26-44(55)66-38)47(67-41)51-32-31-42(49)50-48(51)58/h17,20,27-32,36-39,41,45-47,52,56-57H,3-16,18-19,21-26,33-35H2,1-2H3,(H,59,60)(H,61,62)(H2,49,50,58)/t36-,37-,38+,39-,41+,45-,46+,47+/m0/s1. The van der Waals surface area contributed by atoms with Crippen molar-refractivity contribution in [2.24, 2.45) is 11.8 Å². The number of ketones is 1. The number of allylic oxidation sites excluding steroid dienone is 3. The third-order valence-electron chi connectivity index (χ3n) is 12.0. The average molecular weight is 1030 g/mol. The highest BCUT2D eigenvalue weighted by atomic mass is 31.3. The minimum atomic E-state index is -5.67. The zero-order valence-electron chi connectivity index (χ0n) is 40.9. The zero-order valence-corrected chi connectivity index (χ0v) is 42.7. The van der Waals surface area contributed by atoms with Crippen LogP contribution in [0.2, 0.25) is 0 Å². The number of ether oxygens (including phenoxy) is 3. The van der Waals surface area contributed by atoms with Gasteiger partial charge in [-0.15, -0.1) is 0 Å². The molecule has 10 atom stereocenters. The molecule has 0 spiro atoms. The van der Waals surface area contributed by atoms with Gasteiger partial charge in [-0.3, -0.25) is 28.0 Å². The smallest absolute Gasteiger partial charge is 0.462 e. The molecule has 3 heterocycles. The molecule has 0 radical (unpaired) electrons. The molecule has 22 heteroatoms. The van der Waals surface area contributed by atoms with Crippen LogP contribution in [0.15, 0.2) is 53.5 Å². The highest BCUT2D eigenvalue weighted by molar-refractivity contribution is 7.61. The van der Waals surface area contributed by atoms with E-state index in [0.717, 1.165) is 49.2 Å². The molecule has 0 fully saturated rings. The van der Waals surface area contributed by atoms with Gasteiger partial charge < -0.3 is 45.1 Å². The van der Waals surface area contributed by atoms with E-state index in [4.69, 9.17) is 29.0 Å². The summed E-state index contributed by atoms with van der Waals surface area (Å²) in [5.41, 5.74) is 4.83. The average Bonchev–Trinajstić information content (AvgIpc) is 3.30. The Morgan fingerprint density at radius 1 is 0.886 bits per heavy atom. The minimum Gasteiger partial charge on any atom is -0.462 e. The van der Waals surface area contributed by atoms with Gasteiger partial charge in [0.05, 0.1) is 31.3 Å². The number of anilines is 1. The van der Waals surface area contributed by atoms with Crippen LogP contribution in [0.4, 0.5) is 5.82 Å². The summed E-state index contributed by atoms with van der Waals surface area (Å²) in [6, 6.07) is 1.28. The molecule has 0 aliphatic carbocycles. The molecular weight excluding hydrogens is 952 g/mol. The number of phosphoric acid groups is 2. The van der Waals surface area contributed by atoms with Crippen molar-refractivity contribution in [2.75, 3.05) is 25.6 Å². The summed E-state index contributed by atoms with van der Waals surface area (Å²) in [7, 11) is -11.2. The third-order valence-corrected chi connectivity index (χ3v) is 14.6. The van der Waals surface area contributed by atoms with E-state index in [1.54, 1.807) is 12.2 Å². The van der Waals surface area contributed by atoms with Crippen LogP contribution in [0.5, 0.6) is 0 Å². The summed E-state index contributed by atoms with van der Waals surface area (Å²) in [5.74, 6) is -4.65. The van der Waals surface area contributed by atoms with Crippen LogP contribution in [-0.4, -0.2) is 103 Å². The maximum absolute atomic E-state index is 13.8. The van der Waals surface area contributed by atoms with Gasteiger partial charge in [0.15, 0.2) is 11.9 Å². The highest BCUT2D eigenvalue weighted by Crippen LogP contribution is 2.60. The predicted molar refractivity (Wildman–Crippen MR) is 261 cm³/mol. The van der Waals surface area contributed by atoms with Gasteiger partial charge >= 0.3 is 33.3 Å². The van der Waals surface area contributed by atoms with E-state index in [-0.39, 0.29) is 31.5 Å². The number of aliphatic hydroxyl groups is 3. The Labute approximate surface area is 412 Å². The number of nitrogens with zero attached hydrogens (tertiary/aromatic N) is 2. The van der Waals surface area contributed by atoms with Gasteiger partial charge in [0.2, 0.25) is 0 Å². The number of aliphatic hydroxyl groups excluding tert-OH is 3. The van der Waals surface area contributed by atoms with E-state index >= 15 is 0 Å². The summed E-state index contributed by atoms with van der Waals surface area (Å²) < 4.78 is 58.9. The number of cyclic esters (lactones) is 1. The minimum absolute atomic E-state index is 0.0535. The lowest BCUT2D eigenvalue weighted by atomic mass is 9.88. The molecule has 0 saturated heterocycles. The van der Waals surface area contributed by atoms with E-state index < -0.39 is 107 Å². The summed E-state index contributed by atoms with van der Waals surface area (Å²) in [5, 5.41) is 33.8. The van der Waals surface area contributed by atoms with E-state index in [1.807, 2.05) is 6.92 Å². The molecule has 0 saturated carbocycles. The Morgan fingerprint density at radius 3 is 2.14 bits per heavy atom. The van der Waals surface area contributed by atoms with Crippen LogP contribution in [0.3, 0.4) is 0 Å². The first-order valence-electron chi connectivity index (χ1n) is 25.1. The number of hydrogen-bond acceptors (Lipinski definition) is 17. The van der Waals surface area contributed by atoms with Crippen molar-refractivity contribution in [1.29, 1.82) is 0 Å². The van der Waals surface area contributed by atoms with Gasteiger partial charge in [-0.05, 0) is 44.2 Å². The Kier molecular flexibility index (Phi) is 29.0. The van der Waals surface area contributed by atoms with Crippen molar-refractivity contribution in [3.05, 3.63) is 59.2 Å². The van der Waals surface area contributed by atoms with Crippen LogP contribution >= 0.6 is 15.6 Å². The number of nitrogen functional groups attached to an aromatic ring is 1. The van der Waals surface area contributed by atoms with Crippen LogP contribution in [0, 0.1) is 11.8 Å². The van der Waals surface area contributed by atoms with Gasteiger partial charge in [-0.25, -0.2) is 13.9 Å². The highest BCUT2D eigenvalue weighted by Gasteiger charge is 2.42. The SMILES string of the molecule is CCCCCCCCCCCCCCCC(=O)OC[C@@H]1COP(=O)(O)OP(=O)(O)OC[C@H]2O[C@@H](n3ccc(N)nc3=O)[C@H](C=CC(=O)[C@H](C=C[C@@H](O)CCCCC)[C@H](O)[C@@H]2O)CC=CCCCC(=O)O1. The number of carbonyl (C=O) groups is 3. The molecule has 1 aromatic heterocycles. The first-order chi connectivity index (χ1) is 33.4. The zero-order chi connectivity index (χ0) is 51.4. The molecule has 1 aromatic rings. The topological polar surface area (TPSA) is 303 Å². The lowest BCUT2D eigenvalue weighted by Crippen LogP contribution is -2.49. The number of esters is 2. The van der Waals surface area contributed by atoms with Crippen LogP contribution in [0.1, 0.15) is 161 Å². The summed E-state index contributed by atoms with van der Waals surface area (Å²) in [6.07, 6.45) is 17.9. The number of unbranched alkanes of at least 4 members (excludes halogenated alkanes) is 14. The Balaban J connectivity index is 1.80. The molecule has 70 heavy (non-hydrogen) atoms. The second-order valence-corrected chi connectivity index (χ2v) is 21.0. The number of carbonyl (C=O) groups excluding carboxylic acids is 3. The lowest BCUT2D eigenvalue weighted by Gasteiger charge is -2.36. The molecule has 2 bridgehead atoms. The number of hydrogen-bond donors (Lipinski definition) is 6. The normalized spacial score (nSPS) is 28.4. The van der Waals surface area contributed by atoms with Gasteiger partial charge in [-0.2, -0.15) is 9.29 Å². The second kappa shape index (κ2) is 33.4. The quantitative estimate of drug-likeness (QED) is 0.0266. The van der Waals surface area contributed by atoms with Gasteiger partial charge in [0.1, 0.15) is 30.9 Å². The molecule has 3 rings (SSSR count). The summed E-state index contributed by atoms with van der Waals surface area (Å²) >= 11 is 0. The monoisotopic (exact) mass is 1030 g/mol. The molecule has 2 aliphatic heterocycles. The van der Waals surface area contributed by atoms with Crippen molar-refractivity contribution in [3.63, 3.8) is 0 Å². The number of fused-ring (bicyclic) bond motifs is 3. The molecule has 398 valence electrons. The molecular formula is C48H79N3O17P2. The Hall–Kier alpha value is -3.39. The number of rotatable bonds is 23. The van der Waals surface area contributed by atoms with Gasteiger partial charge in [-0.1, -0.05) is 141 Å². The largest absolute Gasteiger partial charge is 0.481 e. The first kappa shape index (κ1) is 60.9. The Morgan fingerprint density at radius 2 is 1.50 bits per heavy atom. The van der Waals surface area contributed by atoms with E-state index in [2.05, 4.69) is 16.2 Å². The number of aromatic nitrogens is 2. The number of nitrogens with two attached hydrogens (primary N) is 1. The van der Waals surface area contributed by atoms with Crippen LogP contribution < -0.4 is 11.4 Å². The van der Waals surface area contributed by atoms with Gasteiger partial charge in [0, 0.05) is 25.0 Å². The molecule has 7 N–H and O–H groups in total. The lowest BCUT2D eigenvalue weighted by molar-refractivity contribution is -0.167. The van der Waals surface area contributed by atoms with Crippen molar-refractivity contribution in [2.45, 2.75) is 192 Å². The molecule has 0 aromatic carbocycles. The Bertz CT molecular complexity index is 1960. The second-order valence-electron chi connectivity index (χ2n) is 18.0. The fourth-order valence-corrected chi connectivity index (χ4v) is 10.0. The fraction of sp³-hybridized carbons (Fsp3) is 0.729. The van der Waals surface area contributed by atoms with Crippen LogP contribution in [-0.2, 0) is 51.1 Å². The van der Waals surface area contributed by atoms with Crippen molar-refractivity contribution in [3.8, 4) is 0 Å². The van der Waals surface area contributed by atoms with E-state index in [0.29, 0.717) is 25.7 Å². The van der Waals surface area contributed by atoms with Crippen molar-refractivity contribution >= 4 is 39.2 Å². The summed E-state index contributed by atoms with van der Waals surface area (Å²) in [6.45, 7) is 1.57. The summed E-state index contributed by atoms with van der Waals surface area (Å²) in [4.78, 5) is 77.7. The number of phosphoric ester groups is 2. The molecule has 20 nitrogen and oxygen atoms in total. The van der Waals surface area contributed by atoms with E-state index in [9.17, 15) is 53.4 Å². The third kappa shape index (κ3) is 24.4. The maximum Gasteiger partial charge on any atom is 0.481 e. The van der Waals surface area contributed by atoms with Crippen molar-refractivity contribution in [1.82, 2.24) is 9.55 Å². The first-order valence-corrected chi connectivity index (χ1v) is 28.0. The van der Waals surface area contributed by atoms with Crippen molar-refractivity contribution < 1.29 is 76.2 Å². The molecule has 2 aliphatic rings. The predicted octanol–water partition coefficient (Wildman–Crippen LogP) is 7.62.